The van der Waals surface area contributed by atoms with Crippen molar-refractivity contribution in [3.05, 3.63) is 29.3 Å². The lowest BCUT2D eigenvalue weighted by atomic mass is 9.85. The molecule has 3 unspecified atom stereocenters. The molecule has 0 aromatic heterocycles. The Morgan fingerprint density at radius 3 is 2.85 bits per heavy atom. The molecule has 112 valence electrons. The number of ether oxygens (including phenoxy) is 1. The van der Waals surface area contributed by atoms with E-state index in [1.807, 2.05) is 0 Å². The highest BCUT2D eigenvalue weighted by Crippen LogP contribution is 2.31. The van der Waals surface area contributed by atoms with E-state index in [1.165, 1.54) is 43.2 Å². The van der Waals surface area contributed by atoms with Gasteiger partial charge in [0.1, 0.15) is 5.75 Å². The second-order valence-electron chi connectivity index (χ2n) is 6.47. The molecule has 2 N–H and O–H groups in total. The molecular formula is C18H29NO. The van der Waals surface area contributed by atoms with Crippen LogP contribution in [0.5, 0.6) is 5.75 Å². The van der Waals surface area contributed by atoms with Crippen LogP contribution < -0.4 is 10.5 Å². The van der Waals surface area contributed by atoms with Crippen molar-refractivity contribution < 1.29 is 4.74 Å². The fourth-order valence-electron chi connectivity index (χ4n) is 3.23. The summed E-state index contributed by atoms with van der Waals surface area (Å²) in [6.07, 6.45) is 7.64. The Hall–Kier alpha value is -1.02. The Kier molecular flexibility index (Phi) is 5.47. The first kappa shape index (κ1) is 15.4. The zero-order valence-electron chi connectivity index (χ0n) is 13.2. The van der Waals surface area contributed by atoms with Crippen molar-refractivity contribution in [1.82, 2.24) is 0 Å². The minimum Gasteiger partial charge on any atom is -0.490 e. The van der Waals surface area contributed by atoms with Crippen LogP contribution in [-0.4, -0.2) is 12.1 Å². The summed E-state index contributed by atoms with van der Waals surface area (Å²) in [6, 6.07) is 6.66. The van der Waals surface area contributed by atoms with Gasteiger partial charge in [0.15, 0.2) is 0 Å². The van der Waals surface area contributed by atoms with Crippen LogP contribution in [0.1, 0.15) is 57.1 Å². The zero-order chi connectivity index (χ0) is 14.5. The third kappa shape index (κ3) is 4.24. The number of hydrogen-bond donors (Lipinski definition) is 1. The quantitative estimate of drug-likeness (QED) is 0.872. The van der Waals surface area contributed by atoms with Gasteiger partial charge in [-0.1, -0.05) is 37.5 Å². The van der Waals surface area contributed by atoms with E-state index in [0.29, 0.717) is 6.10 Å². The number of rotatable bonds is 5. The molecule has 3 atom stereocenters. The highest BCUT2D eigenvalue weighted by atomic mass is 16.5. The maximum absolute atomic E-state index is 6.32. The first-order valence-electron chi connectivity index (χ1n) is 8.10. The molecule has 0 heterocycles. The van der Waals surface area contributed by atoms with Gasteiger partial charge in [0, 0.05) is 6.04 Å². The molecule has 2 heteroatoms. The molecule has 1 aromatic carbocycles. The number of benzene rings is 1. The molecule has 0 saturated heterocycles. The first-order chi connectivity index (χ1) is 9.58. The Morgan fingerprint density at radius 2 is 2.15 bits per heavy atom. The van der Waals surface area contributed by atoms with Crippen LogP contribution in [0.3, 0.4) is 0 Å². The van der Waals surface area contributed by atoms with Crippen molar-refractivity contribution in [2.75, 3.05) is 0 Å². The largest absolute Gasteiger partial charge is 0.490 e. The third-order valence-corrected chi connectivity index (χ3v) is 4.36. The van der Waals surface area contributed by atoms with Gasteiger partial charge < -0.3 is 10.5 Å². The van der Waals surface area contributed by atoms with E-state index >= 15 is 0 Å². The van der Waals surface area contributed by atoms with E-state index in [-0.39, 0.29) is 6.04 Å². The Balaban J connectivity index is 2.07. The lowest BCUT2D eigenvalue weighted by molar-refractivity contribution is 0.121. The van der Waals surface area contributed by atoms with Crippen LogP contribution >= 0.6 is 0 Å². The normalized spacial score (nSPS) is 24.4. The summed E-state index contributed by atoms with van der Waals surface area (Å²) in [6.45, 7) is 6.47. The standard InChI is InChI=1S/C18H29NO/c1-4-15-6-5-7-17(12-15)20-18-9-8-13(2)10-16(18)11-14(3)19/h8-10,14-15,17H,4-7,11-12,19H2,1-3H3. The van der Waals surface area contributed by atoms with E-state index in [1.54, 1.807) is 0 Å². The molecule has 1 fully saturated rings. The molecule has 0 bridgehead atoms. The molecule has 0 spiro atoms. The Labute approximate surface area is 123 Å². The Morgan fingerprint density at radius 1 is 1.35 bits per heavy atom. The fraction of sp³-hybridized carbons (Fsp3) is 0.667. The highest BCUT2D eigenvalue weighted by Gasteiger charge is 2.22. The van der Waals surface area contributed by atoms with Gasteiger partial charge in [-0.3, -0.25) is 0 Å². The summed E-state index contributed by atoms with van der Waals surface area (Å²) in [4.78, 5) is 0. The summed E-state index contributed by atoms with van der Waals surface area (Å²) < 4.78 is 6.32. The molecular weight excluding hydrogens is 246 g/mol. The Bertz CT molecular complexity index is 427. The molecule has 1 aromatic rings. The fourth-order valence-corrected chi connectivity index (χ4v) is 3.23. The summed E-state index contributed by atoms with van der Waals surface area (Å²) in [7, 11) is 0. The van der Waals surface area contributed by atoms with Gasteiger partial charge in [0.25, 0.3) is 0 Å². The second-order valence-corrected chi connectivity index (χ2v) is 6.47. The number of nitrogens with two attached hydrogens (primary N) is 1. The molecule has 1 aliphatic carbocycles. The molecule has 0 amide bonds. The van der Waals surface area contributed by atoms with Gasteiger partial charge in [-0.25, -0.2) is 0 Å². The molecule has 2 nitrogen and oxygen atoms in total. The van der Waals surface area contributed by atoms with Gasteiger partial charge in [0.2, 0.25) is 0 Å². The summed E-state index contributed by atoms with van der Waals surface area (Å²) in [5.74, 6) is 1.89. The van der Waals surface area contributed by atoms with Crippen molar-refractivity contribution >= 4 is 0 Å². The summed E-state index contributed by atoms with van der Waals surface area (Å²) >= 11 is 0. The van der Waals surface area contributed by atoms with E-state index in [9.17, 15) is 0 Å². The van der Waals surface area contributed by atoms with Gasteiger partial charge in [-0.15, -0.1) is 0 Å². The van der Waals surface area contributed by atoms with Crippen LogP contribution in [0, 0.1) is 12.8 Å². The summed E-state index contributed by atoms with van der Waals surface area (Å²) in [5.41, 5.74) is 8.51. The SMILES string of the molecule is CCC1CCCC(Oc2ccc(C)cc2CC(C)N)C1. The second kappa shape index (κ2) is 7.12. The van der Waals surface area contributed by atoms with Crippen molar-refractivity contribution in [2.24, 2.45) is 11.7 Å². The van der Waals surface area contributed by atoms with E-state index in [0.717, 1.165) is 18.1 Å². The van der Waals surface area contributed by atoms with Crippen molar-refractivity contribution in [3.63, 3.8) is 0 Å². The molecule has 1 saturated carbocycles. The highest BCUT2D eigenvalue weighted by molar-refractivity contribution is 5.37. The van der Waals surface area contributed by atoms with Gasteiger partial charge in [-0.05, 0) is 57.1 Å². The van der Waals surface area contributed by atoms with Crippen LogP contribution in [0.25, 0.3) is 0 Å². The van der Waals surface area contributed by atoms with E-state index < -0.39 is 0 Å². The maximum Gasteiger partial charge on any atom is 0.122 e. The number of aryl methyl sites for hydroxylation is 1. The van der Waals surface area contributed by atoms with Crippen molar-refractivity contribution in [2.45, 2.75) is 71.4 Å². The molecule has 0 aliphatic heterocycles. The predicted molar refractivity (Wildman–Crippen MR) is 85.2 cm³/mol. The maximum atomic E-state index is 6.32. The van der Waals surface area contributed by atoms with Crippen molar-refractivity contribution in [3.8, 4) is 5.75 Å². The van der Waals surface area contributed by atoms with Crippen molar-refractivity contribution in [1.29, 1.82) is 0 Å². The topological polar surface area (TPSA) is 35.2 Å². The minimum atomic E-state index is 0.175. The predicted octanol–water partition coefficient (Wildman–Crippen LogP) is 4.23. The van der Waals surface area contributed by atoms with Gasteiger partial charge in [0.05, 0.1) is 6.10 Å². The van der Waals surface area contributed by atoms with E-state index in [4.69, 9.17) is 10.5 Å². The van der Waals surface area contributed by atoms with E-state index in [2.05, 4.69) is 39.0 Å². The lowest BCUT2D eigenvalue weighted by Gasteiger charge is -2.30. The monoisotopic (exact) mass is 275 g/mol. The number of hydrogen-bond acceptors (Lipinski definition) is 2. The molecule has 1 aliphatic rings. The smallest absolute Gasteiger partial charge is 0.122 e. The van der Waals surface area contributed by atoms with Crippen LogP contribution in [0.15, 0.2) is 18.2 Å². The summed E-state index contributed by atoms with van der Waals surface area (Å²) in [5, 5.41) is 0. The minimum absolute atomic E-state index is 0.175. The van der Waals surface area contributed by atoms with Gasteiger partial charge >= 0.3 is 0 Å². The van der Waals surface area contributed by atoms with Crippen LogP contribution in [0.4, 0.5) is 0 Å². The zero-order valence-corrected chi connectivity index (χ0v) is 13.2. The molecule has 20 heavy (non-hydrogen) atoms. The molecule has 0 radical (unpaired) electrons. The van der Waals surface area contributed by atoms with Gasteiger partial charge in [-0.2, -0.15) is 0 Å². The van der Waals surface area contributed by atoms with Crippen LogP contribution in [0.2, 0.25) is 0 Å². The average molecular weight is 275 g/mol. The molecule has 2 rings (SSSR count). The average Bonchev–Trinajstić information content (AvgIpc) is 2.41. The lowest BCUT2D eigenvalue weighted by Crippen LogP contribution is -2.26. The van der Waals surface area contributed by atoms with Crippen LogP contribution in [-0.2, 0) is 6.42 Å². The first-order valence-corrected chi connectivity index (χ1v) is 8.10. The third-order valence-electron chi connectivity index (χ3n) is 4.36.